The molecule has 6 heteroatoms. The number of methoxy groups -OCH3 is 1. The lowest BCUT2D eigenvalue weighted by Gasteiger charge is -2.10. The minimum atomic E-state index is -0.0958. The van der Waals surface area contributed by atoms with E-state index in [-0.39, 0.29) is 5.91 Å². The minimum Gasteiger partial charge on any atom is -0.496 e. The number of rotatable bonds is 7. The maximum Gasteiger partial charge on any atom is 0.251 e. The van der Waals surface area contributed by atoms with Gasteiger partial charge in [0.05, 0.1) is 11.8 Å². The van der Waals surface area contributed by atoms with Crippen molar-refractivity contribution in [2.45, 2.75) is 0 Å². The Morgan fingerprint density at radius 3 is 2.55 bits per heavy atom. The molecule has 0 atom stereocenters. The van der Waals surface area contributed by atoms with Gasteiger partial charge < -0.3 is 15.4 Å². The number of ether oxygens (including phenoxy) is 1. The molecule has 146 valence electrons. The standard InChI is InChI=1S/C23H21N3O2S/c1-28-20-8-4-2-6-18(20)16-10-12-17(13-11-16)23(27)25-15-14-24-22-19-7-3-5-9-21(19)29-26-22/h2-13H,14-15H2,1H3,(H,24,26)(H,25,27). The zero-order valence-electron chi connectivity index (χ0n) is 16.0. The van der Waals surface area contributed by atoms with Crippen LogP contribution in [0.5, 0.6) is 5.75 Å². The molecule has 0 aliphatic rings. The number of amides is 1. The Labute approximate surface area is 173 Å². The molecule has 0 aliphatic heterocycles. The predicted molar refractivity (Wildman–Crippen MR) is 119 cm³/mol. The Balaban J connectivity index is 1.33. The zero-order valence-corrected chi connectivity index (χ0v) is 16.8. The van der Waals surface area contributed by atoms with Crippen LogP contribution in [0.4, 0.5) is 5.82 Å². The van der Waals surface area contributed by atoms with E-state index in [1.54, 1.807) is 7.11 Å². The molecule has 1 aromatic heterocycles. The summed E-state index contributed by atoms with van der Waals surface area (Å²) in [5, 5.41) is 7.34. The van der Waals surface area contributed by atoms with Gasteiger partial charge in [-0.05, 0) is 47.4 Å². The fourth-order valence-electron chi connectivity index (χ4n) is 3.16. The highest BCUT2D eigenvalue weighted by molar-refractivity contribution is 7.13. The summed E-state index contributed by atoms with van der Waals surface area (Å²) in [5.41, 5.74) is 2.64. The second-order valence-electron chi connectivity index (χ2n) is 6.49. The van der Waals surface area contributed by atoms with Crippen LogP contribution >= 0.6 is 11.5 Å². The highest BCUT2D eigenvalue weighted by Crippen LogP contribution is 2.29. The number of hydrogen-bond donors (Lipinski definition) is 2. The van der Waals surface area contributed by atoms with Gasteiger partial charge in [-0.15, -0.1) is 0 Å². The molecule has 0 aliphatic carbocycles. The Kier molecular flexibility index (Phi) is 5.72. The highest BCUT2D eigenvalue weighted by atomic mass is 32.1. The van der Waals surface area contributed by atoms with Gasteiger partial charge >= 0.3 is 0 Å². The minimum absolute atomic E-state index is 0.0958. The van der Waals surface area contributed by atoms with Gasteiger partial charge in [-0.1, -0.05) is 42.5 Å². The number of carbonyl (C=O) groups is 1. The Hall–Kier alpha value is -3.38. The van der Waals surface area contributed by atoms with Crippen molar-refractivity contribution in [3.05, 3.63) is 78.4 Å². The van der Waals surface area contributed by atoms with Crippen molar-refractivity contribution in [3.63, 3.8) is 0 Å². The van der Waals surface area contributed by atoms with Crippen molar-refractivity contribution in [3.8, 4) is 16.9 Å². The molecule has 0 saturated heterocycles. The molecule has 29 heavy (non-hydrogen) atoms. The first-order valence-electron chi connectivity index (χ1n) is 9.36. The topological polar surface area (TPSA) is 63.2 Å². The number of nitrogens with zero attached hydrogens (tertiary/aromatic N) is 1. The van der Waals surface area contributed by atoms with E-state index in [9.17, 15) is 4.79 Å². The first-order valence-corrected chi connectivity index (χ1v) is 10.1. The first-order chi connectivity index (χ1) is 14.3. The average molecular weight is 404 g/mol. The summed E-state index contributed by atoms with van der Waals surface area (Å²) in [6.45, 7) is 1.12. The quantitative estimate of drug-likeness (QED) is 0.435. The number of aromatic nitrogens is 1. The summed E-state index contributed by atoms with van der Waals surface area (Å²) < 4.78 is 11.0. The number of carbonyl (C=O) groups excluding carboxylic acids is 1. The van der Waals surface area contributed by atoms with E-state index in [2.05, 4.69) is 21.1 Å². The molecule has 5 nitrogen and oxygen atoms in total. The molecule has 2 N–H and O–H groups in total. The number of anilines is 1. The van der Waals surface area contributed by atoms with Crippen molar-refractivity contribution < 1.29 is 9.53 Å². The van der Waals surface area contributed by atoms with Gasteiger partial charge in [0.1, 0.15) is 11.6 Å². The van der Waals surface area contributed by atoms with Gasteiger partial charge in [-0.25, -0.2) is 0 Å². The third-order valence-electron chi connectivity index (χ3n) is 4.65. The SMILES string of the molecule is COc1ccccc1-c1ccc(C(=O)NCCNc2nsc3ccccc23)cc1. The van der Waals surface area contributed by atoms with Crippen LogP contribution in [-0.2, 0) is 0 Å². The van der Waals surface area contributed by atoms with Crippen LogP contribution in [-0.4, -0.2) is 30.5 Å². The summed E-state index contributed by atoms with van der Waals surface area (Å²) >= 11 is 1.47. The van der Waals surface area contributed by atoms with Gasteiger partial charge in [0.25, 0.3) is 5.91 Å². The van der Waals surface area contributed by atoms with Crippen LogP contribution in [0.1, 0.15) is 10.4 Å². The average Bonchev–Trinajstić information content (AvgIpc) is 3.20. The summed E-state index contributed by atoms with van der Waals surface area (Å²) in [7, 11) is 1.66. The van der Waals surface area contributed by atoms with Gasteiger partial charge in [0, 0.05) is 29.6 Å². The van der Waals surface area contributed by atoms with Crippen LogP contribution in [0.15, 0.2) is 72.8 Å². The van der Waals surface area contributed by atoms with Gasteiger partial charge in [0.2, 0.25) is 0 Å². The van der Waals surface area contributed by atoms with E-state index in [1.807, 2.05) is 66.7 Å². The van der Waals surface area contributed by atoms with Gasteiger partial charge in [-0.3, -0.25) is 4.79 Å². The normalized spacial score (nSPS) is 10.7. The Bertz CT molecular complexity index is 1120. The van der Waals surface area contributed by atoms with Crippen molar-refractivity contribution in [1.82, 2.24) is 9.69 Å². The van der Waals surface area contributed by atoms with Crippen LogP contribution in [0.2, 0.25) is 0 Å². The van der Waals surface area contributed by atoms with Crippen molar-refractivity contribution in [1.29, 1.82) is 0 Å². The maximum absolute atomic E-state index is 12.4. The lowest BCUT2D eigenvalue weighted by molar-refractivity contribution is 0.0955. The van der Waals surface area contributed by atoms with E-state index in [1.165, 1.54) is 11.5 Å². The lowest BCUT2D eigenvalue weighted by Crippen LogP contribution is -2.28. The van der Waals surface area contributed by atoms with Crippen molar-refractivity contribution in [2.24, 2.45) is 0 Å². The van der Waals surface area contributed by atoms with E-state index in [4.69, 9.17) is 4.74 Å². The zero-order chi connectivity index (χ0) is 20.1. The smallest absolute Gasteiger partial charge is 0.251 e. The van der Waals surface area contributed by atoms with Gasteiger partial charge in [-0.2, -0.15) is 4.37 Å². The molecule has 1 heterocycles. The summed E-state index contributed by atoms with van der Waals surface area (Å²) in [6.07, 6.45) is 0. The van der Waals surface area contributed by atoms with E-state index < -0.39 is 0 Å². The molecule has 0 fully saturated rings. The molecule has 0 bridgehead atoms. The fraction of sp³-hybridized carbons (Fsp3) is 0.130. The molecule has 0 radical (unpaired) electrons. The number of fused-ring (bicyclic) bond motifs is 1. The van der Waals surface area contributed by atoms with Crippen LogP contribution < -0.4 is 15.4 Å². The lowest BCUT2D eigenvalue weighted by atomic mass is 10.0. The van der Waals surface area contributed by atoms with Crippen molar-refractivity contribution in [2.75, 3.05) is 25.5 Å². The molecule has 0 saturated carbocycles. The molecule has 0 spiro atoms. The number of nitrogens with one attached hydrogen (secondary N) is 2. The molecule has 4 rings (SSSR count). The molecule has 1 amide bonds. The number of para-hydroxylation sites is 1. The van der Waals surface area contributed by atoms with Crippen LogP contribution in [0, 0.1) is 0 Å². The third-order valence-corrected chi connectivity index (χ3v) is 5.47. The maximum atomic E-state index is 12.4. The van der Waals surface area contributed by atoms with E-state index in [0.717, 1.165) is 32.8 Å². The molecule has 3 aromatic carbocycles. The first kappa shape index (κ1) is 19.0. The number of benzene rings is 3. The van der Waals surface area contributed by atoms with Crippen LogP contribution in [0.3, 0.4) is 0 Å². The molecular formula is C23H21N3O2S. The van der Waals surface area contributed by atoms with Crippen LogP contribution in [0.25, 0.3) is 21.2 Å². The second-order valence-corrected chi connectivity index (χ2v) is 7.29. The summed E-state index contributed by atoms with van der Waals surface area (Å²) in [6, 6.07) is 23.5. The summed E-state index contributed by atoms with van der Waals surface area (Å²) in [4.78, 5) is 12.4. The molecule has 0 unspecified atom stereocenters. The van der Waals surface area contributed by atoms with Crippen molar-refractivity contribution >= 4 is 33.3 Å². The fourth-order valence-corrected chi connectivity index (χ4v) is 3.91. The Morgan fingerprint density at radius 1 is 0.966 bits per heavy atom. The predicted octanol–water partition coefficient (Wildman–Crippen LogP) is 4.81. The third kappa shape index (κ3) is 4.22. The largest absolute Gasteiger partial charge is 0.496 e. The van der Waals surface area contributed by atoms with E-state index >= 15 is 0 Å². The van der Waals surface area contributed by atoms with Gasteiger partial charge in [0.15, 0.2) is 0 Å². The van der Waals surface area contributed by atoms with E-state index in [0.29, 0.717) is 18.7 Å². The molecular weight excluding hydrogens is 382 g/mol. The molecule has 4 aromatic rings. The highest BCUT2D eigenvalue weighted by Gasteiger charge is 2.09. The monoisotopic (exact) mass is 403 g/mol. The Morgan fingerprint density at radius 2 is 1.72 bits per heavy atom. The number of hydrogen-bond acceptors (Lipinski definition) is 5. The second kappa shape index (κ2) is 8.75. The summed E-state index contributed by atoms with van der Waals surface area (Å²) in [5.74, 6) is 1.58.